The first kappa shape index (κ1) is 10.4. The molecule has 0 spiro atoms. The summed E-state index contributed by atoms with van der Waals surface area (Å²) < 4.78 is 2.17. The Morgan fingerprint density at radius 3 is 2.75 bits per heavy atom. The maximum absolute atomic E-state index is 5.89. The maximum atomic E-state index is 5.89. The van der Waals surface area contributed by atoms with E-state index in [1.165, 1.54) is 4.88 Å². The van der Waals surface area contributed by atoms with Gasteiger partial charge in [0.15, 0.2) is 0 Å². The lowest BCUT2D eigenvalue weighted by Crippen LogP contribution is -2.06. The summed E-state index contributed by atoms with van der Waals surface area (Å²) in [5, 5.41) is 0. The number of hydrogen-bond acceptors (Lipinski definition) is 2. The van der Waals surface area contributed by atoms with Crippen LogP contribution in [0.2, 0.25) is 0 Å². The van der Waals surface area contributed by atoms with E-state index < -0.39 is 0 Å². The molecule has 0 aliphatic heterocycles. The topological polar surface area (TPSA) is 26.0 Å². The van der Waals surface area contributed by atoms with Crippen LogP contribution < -0.4 is 5.73 Å². The first-order chi connectivity index (χ1) is 5.65. The highest BCUT2D eigenvalue weighted by Gasteiger charge is 2.09. The summed E-state index contributed by atoms with van der Waals surface area (Å²) in [6, 6.07) is 2.12. The second kappa shape index (κ2) is 4.56. The molecule has 0 radical (unpaired) electrons. The maximum Gasteiger partial charge on any atom is 0.0843 e. The molecule has 0 saturated carbocycles. The van der Waals surface area contributed by atoms with E-state index in [0.717, 1.165) is 14.7 Å². The Kier molecular flexibility index (Phi) is 3.96. The summed E-state index contributed by atoms with van der Waals surface area (Å²) in [5.41, 5.74) is 5.89. The Hall–Kier alpha value is 0.360. The first-order valence-corrected chi connectivity index (χ1v) is 5.86. The molecule has 1 atom stereocenters. The molecule has 1 nitrogen and oxygen atoms in total. The Bertz CT molecular complexity index is 263. The SMILES string of the molecule is C=CCC(N)c1cc(Br)c(Br)s1. The zero-order chi connectivity index (χ0) is 9.14. The number of rotatable bonds is 3. The largest absolute Gasteiger partial charge is 0.323 e. The van der Waals surface area contributed by atoms with Gasteiger partial charge < -0.3 is 5.73 Å². The summed E-state index contributed by atoms with van der Waals surface area (Å²) in [6.07, 6.45) is 2.66. The minimum absolute atomic E-state index is 0.0788. The van der Waals surface area contributed by atoms with Crippen molar-refractivity contribution in [1.29, 1.82) is 0 Å². The van der Waals surface area contributed by atoms with E-state index in [-0.39, 0.29) is 6.04 Å². The Morgan fingerprint density at radius 2 is 2.33 bits per heavy atom. The van der Waals surface area contributed by atoms with Crippen LogP contribution in [0.1, 0.15) is 17.3 Å². The van der Waals surface area contributed by atoms with E-state index in [1.807, 2.05) is 12.1 Å². The average molecular weight is 311 g/mol. The molecule has 0 aliphatic carbocycles. The predicted molar refractivity (Wildman–Crippen MR) is 61.5 cm³/mol. The molecule has 66 valence electrons. The van der Waals surface area contributed by atoms with Crippen LogP contribution in [-0.4, -0.2) is 0 Å². The Balaban J connectivity index is 2.80. The summed E-state index contributed by atoms with van der Waals surface area (Å²) in [4.78, 5) is 1.17. The van der Waals surface area contributed by atoms with Gasteiger partial charge in [0.2, 0.25) is 0 Å². The minimum Gasteiger partial charge on any atom is -0.323 e. The van der Waals surface area contributed by atoms with Crippen LogP contribution in [0.15, 0.2) is 27.0 Å². The molecule has 1 aromatic rings. The molecule has 0 aromatic carbocycles. The van der Waals surface area contributed by atoms with Crippen molar-refractivity contribution in [3.8, 4) is 0 Å². The summed E-state index contributed by atoms with van der Waals surface area (Å²) >= 11 is 8.50. The standard InChI is InChI=1S/C8H9Br2NS/c1-2-3-6(11)7-4-5(9)8(10)12-7/h2,4,6H,1,3,11H2. The third-order valence-corrected chi connectivity index (χ3v) is 4.84. The van der Waals surface area contributed by atoms with E-state index in [1.54, 1.807) is 11.3 Å². The van der Waals surface area contributed by atoms with Gasteiger partial charge in [0.1, 0.15) is 0 Å². The molecule has 0 aliphatic rings. The third kappa shape index (κ3) is 2.42. The molecule has 2 N–H and O–H groups in total. The van der Waals surface area contributed by atoms with Gasteiger partial charge in [-0.15, -0.1) is 17.9 Å². The predicted octanol–water partition coefficient (Wildman–Crippen LogP) is 3.85. The Morgan fingerprint density at radius 1 is 1.67 bits per heavy atom. The number of nitrogens with two attached hydrogens (primary N) is 1. The second-order valence-corrected chi connectivity index (χ2v) is 5.66. The van der Waals surface area contributed by atoms with E-state index in [2.05, 4.69) is 38.4 Å². The van der Waals surface area contributed by atoms with E-state index in [4.69, 9.17) is 5.73 Å². The molecular weight excluding hydrogens is 302 g/mol. The van der Waals surface area contributed by atoms with Crippen LogP contribution in [0, 0.1) is 0 Å². The van der Waals surface area contributed by atoms with Crippen LogP contribution >= 0.6 is 43.2 Å². The highest BCUT2D eigenvalue weighted by molar-refractivity contribution is 9.13. The molecule has 0 saturated heterocycles. The molecule has 0 bridgehead atoms. The third-order valence-electron chi connectivity index (χ3n) is 1.45. The number of hydrogen-bond donors (Lipinski definition) is 1. The molecule has 1 unspecified atom stereocenters. The first-order valence-electron chi connectivity index (χ1n) is 3.46. The zero-order valence-corrected chi connectivity index (χ0v) is 10.4. The molecule has 0 fully saturated rings. The van der Waals surface area contributed by atoms with Crippen molar-refractivity contribution in [1.82, 2.24) is 0 Å². The highest BCUT2D eigenvalue weighted by Crippen LogP contribution is 2.35. The van der Waals surface area contributed by atoms with Crippen LogP contribution in [0.5, 0.6) is 0 Å². The van der Waals surface area contributed by atoms with Crippen LogP contribution in [0.3, 0.4) is 0 Å². The van der Waals surface area contributed by atoms with Crippen molar-refractivity contribution in [3.63, 3.8) is 0 Å². The smallest absolute Gasteiger partial charge is 0.0843 e. The summed E-state index contributed by atoms with van der Waals surface area (Å²) in [7, 11) is 0. The fourth-order valence-electron chi connectivity index (χ4n) is 0.842. The lowest BCUT2D eigenvalue weighted by atomic mass is 10.2. The second-order valence-electron chi connectivity index (χ2n) is 2.40. The lowest BCUT2D eigenvalue weighted by Gasteiger charge is -2.03. The highest BCUT2D eigenvalue weighted by atomic mass is 79.9. The zero-order valence-electron chi connectivity index (χ0n) is 6.39. The quantitative estimate of drug-likeness (QED) is 0.843. The number of halogens is 2. The van der Waals surface area contributed by atoms with Gasteiger partial charge in [0, 0.05) is 15.4 Å². The van der Waals surface area contributed by atoms with Crippen LogP contribution in [0.4, 0.5) is 0 Å². The molecular formula is C8H9Br2NS. The molecule has 4 heteroatoms. The van der Waals surface area contributed by atoms with Gasteiger partial charge in [-0.05, 0) is 44.3 Å². The fraction of sp³-hybridized carbons (Fsp3) is 0.250. The molecule has 1 heterocycles. The Labute approximate surface area is 92.9 Å². The van der Waals surface area contributed by atoms with Gasteiger partial charge in [0.25, 0.3) is 0 Å². The lowest BCUT2D eigenvalue weighted by molar-refractivity contribution is 0.757. The fourth-order valence-corrected chi connectivity index (χ4v) is 2.95. The average Bonchev–Trinajstić information content (AvgIpc) is 2.33. The van der Waals surface area contributed by atoms with Crippen molar-refractivity contribution in [3.05, 3.63) is 31.9 Å². The number of thiophene rings is 1. The van der Waals surface area contributed by atoms with Crippen molar-refractivity contribution >= 4 is 43.2 Å². The van der Waals surface area contributed by atoms with Gasteiger partial charge in [-0.3, -0.25) is 0 Å². The summed E-state index contributed by atoms with van der Waals surface area (Å²) in [6.45, 7) is 3.66. The van der Waals surface area contributed by atoms with Crippen molar-refractivity contribution in [2.24, 2.45) is 5.73 Å². The molecule has 1 aromatic heterocycles. The van der Waals surface area contributed by atoms with E-state index in [0.29, 0.717) is 0 Å². The van der Waals surface area contributed by atoms with Gasteiger partial charge in [0.05, 0.1) is 3.79 Å². The minimum atomic E-state index is 0.0788. The summed E-state index contributed by atoms with van der Waals surface area (Å²) in [5.74, 6) is 0. The van der Waals surface area contributed by atoms with Gasteiger partial charge >= 0.3 is 0 Å². The molecule has 1 rings (SSSR count). The van der Waals surface area contributed by atoms with Crippen LogP contribution in [0.25, 0.3) is 0 Å². The van der Waals surface area contributed by atoms with Gasteiger partial charge in [-0.25, -0.2) is 0 Å². The van der Waals surface area contributed by atoms with E-state index >= 15 is 0 Å². The molecule has 0 amide bonds. The van der Waals surface area contributed by atoms with Crippen molar-refractivity contribution in [2.75, 3.05) is 0 Å². The van der Waals surface area contributed by atoms with Gasteiger partial charge in [-0.2, -0.15) is 0 Å². The van der Waals surface area contributed by atoms with E-state index in [9.17, 15) is 0 Å². The monoisotopic (exact) mass is 309 g/mol. The molecule has 12 heavy (non-hydrogen) atoms. The normalized spacial score (nSPS) is 12.9. The van der Waals surface area contributed by atoms with Gasteiger partial charge in [-0.1, -0.05) is 6.08 Å². The van der Waals surface area contributed by atoms with Crippen molar-refractivity contribution < 1.29 is 0 Å². The van der Waals surface area contributed by atoms with Crippen LogP contribution in [-0.2, 0) is 0 Å². The van der Waals surface area contributed by atoms with Crippen molar-refractivity contribution in [2.45, 2.75) is 12.5 Å².